The van der Waals surface area contributed by atoms with Crippen molar-refractivity contribution in [3.63, 3.8) is 0 Å². The summed E-state index contributed by atoms with van der Waals surface area (Å²) >= 11 is 6.16. The van der Waals surface area contributed by atoms with Gasteiger partial charge in [0, 0.05) is 17.1 Å². The fraction of sp³-hybridized carbons (Fsp3) is 0.267. The number of nitrogens with one attached hydrogen (secondary N) is 1. The van der Waals surface area contributed by atoms with Crippen molar-refractivity contribution in [3.05, 3.63) is 64.7 Å². The highest BCUT2D eigenvalue weighted by Gasteiger charge is 2.14. The molecular weight excluding hydrogens is 263 g/mol. The van der Waals surface area contributed by atoms with E-state index in [0.717, 1.165) is 16.3 Å². The number of hydrogen-bond acceptors (Lipinski definition) is 2. The van der Waals surface area contributed by atoms with Gasteiger partial charge >= 0.3 is 0 Å². The van der Waals surface area contributed by atoms with Crippen molar-refractivity contribution in [2.45, 2.75) is 25.9 Å². The summed E-state index contributed by atoms with van der Waals surface area (Å²) in [6.07, 6.45) is 1.23. The van der Waals surface area contributed by atoms with Gasteiger partial charge in [-0.3, -0.25) is 4.98 Å². The van der Waals surface area contributed by atoms with Gasteiger partial charge in [-0.2, -0.15) is 0 Å². The molecule has 0 aliphatic heterocycles. The SMILES string of the molecule is CC(N[C@H](C)c1ccccc1Cl)c1ccc(F)cn1. The first-order chi connectivity index (χ1) is 9.08. The molecule has 1 aromatic heterocycles. The number of pyridine rings is 1. The molecule has 19 heavy (non-hydrogen) atoms. The van der Waals surface area contributed by atoms with Crippen LogP contribution in [0.3, 0.4) is 0 Å². The molecule has 0 saturated heterocycles. The minimum absolute atomic E-state index is 0.0203. The number of halogens is 2. The van der Waals surface area contributed by atoms with E-state index in [4.69, 9.17) is 11.6 Å². The third kappa shape index (κ3) is 3.52. The minimum atomic E-state index is -0.324. The van der Waals surface area contributed by atoms with Crippen LogP contribution in [0.1, 0.15) is 37.2 Å². The maximum Gasteiger partial charge on any atom is 0.141 e. The Morgan fingerprint density at radius 3 is 2.47 bits per heavy atom. The van der Waals surface area contributed by atoms with Crippen LogP contribution in [0.2, 0.25) is 5.02 Å². The van der Waals surface area contributed by atoms with E-state index in [1.54, 1.807) is 6.07 Å². The van der Waals surface area contributed by atoms with Crippen molar-refractivity contribution in [1.82, 2.24) is 10.3 Å². The van der Waals surface area contributed by atoms with Crippen molar-refractivity contribution in [2.75, 3.05) is 0 Å². The highest BCUT2D eigenvalue weighted by Crippen LogP contribution is 2.24. The van der Waals surface area contributed by atoms with E-state index in [2.05, 4.69) is 10.3 Å². The first kappa shape index (κ1) is 14.0. The van der Waals surface area contributed by atoms with Crippen LogP contribution in [-0.4, -0.2) is 4.98 Å². The van der Waals surface area contributed by atoms with E-state index in [0.29, 0.717) is 0 Å². The second kappa shape index (κ2) is 6.13. The van der Waals surface area contributed by atoms with Gasteiger partial charge in [-0.05, 0) is 37.6 Å². The van der Waals surface area contributed by atoms with Crippen LogP contribution in [0.5, 0.6) is 0 Å². The van der Waals surface area contributed by atoms with Crippen LogP contribution in [0.15, 0.2) is 42.6 Å². The van der Waals surface area contributed by atoms with Crippen LogP contribution in [0.4, 0.5) is 4.39 Å². The average Bonchev–Trinajstić information content (AvgIpc) is 2.39. The van der Waals surface area contributed by atoms with Crippen LogP contribution >= 0.6 is 11.6 Å². The van der Waals surface area contributed by atoms with Gasteiger partial charge in [0.15, 0.2) is 0 Å². The van der Waals surface area contributed by atoms with Crippen molar-refractivity contribution in [2.24, 2.45) is 0 Å². The fourth-order valence-corrected chi connectivity index (χ4v) is 2.32. The molecule has 100 valence electrons. The summed E-state index contributed by atoms with van der Waals surface area (Å²) < 4.78 is 12.8. The molecule has 0 radical (unpaired) electrons. The second-order valence-corrected chi connectivity index (χ2v) is 4.94. The van der Waals surface area contributed by atoms with Gasteiger partial charge in [-0.25, -0.2) is 4.39 Å². The van der Waals surface area contributed by atoms with Crippen molar-refractivity contribution in [3.8, 4) is 0 Å². The van der Waals surface area contributed by atoms with Crippen LogP contribution in [-0.2, 0) is 0 Å². The summed E-state index contributed by atoms with van der Waals surface area (Å²) in [5, 5.41) is 4.14. The first-order valence-corrected chi connectivity index (χ1v) is 6.57. The minimum Gasteiger partial charge on any atom is -0.302 e. The molecule has 0 amide bonds. The molecule has 1 heterocycles. The molecule has 2 atom stereocenters. The third-order valence-electron chi connectivity index (χ3n) is 3.07. The molecule has 0 spiro atoms. The zero-order chi connectivity index (χ0) is 13.8. The lowest BCUT2D eigenvalue weighted by Gasteiger charge is -2.20. The third-order valence-corrected chi connectivity index (χ3v) is 3.41. The lowest BCUT2D eigenvalue weighted by atomic mass is 10.1. The summed E-state index contributed by atoms with van der Waals surface area (Å²) in [6.45, 7) is 4.04. The Bertz CT molecular complexity index is 542. The van der Waals surface area contributed by atoms with E-state index >= 15 is 0 Å². The molecule has 1 N–H and O–H groups in total. The zero-order valence-corrected chi connectivity index (χ0v) is 11.7. The molecule has 2 nitrogen and oxygen atoms in total. The van der Waals surface area contributed by atoms with E-state index in [-0.39, 0.29) is 17.9 Å². The number of benzene rings is 1. The standard InChI is InChI=1S/C15H16ClFN2/c1-10(13-5-3-4-6-14(13)16)19-11(2)15-8-7-12(17)9-18-15/h3-11,19H,1-2H3/t10-,11?/m1/s1. The first-order valence-electron chi connectivity index (χ1n) is 6.20. The predicted octanol–water partition coefficient (Wildman–Crippen LogP) is 4.29. The molecule has 4 heteroatoms. The monoisotopic (exact) mass is 278 g/mol. The average molecular weight is 279 g/mol. The summed E-state index contributed by atoms with van der Waals surface area (Å²) in [6, 6.07) is 10.9. The Morgan fingerprint density at radius 1 is 1.11 bits per heavy atom. The lowest BCUT2D eigenvalue weighted by molar-refractivity contribution is 0.484. The molecule has 0 bridgehead atoms. The van der Waals surface area contributed by atoms with E-state index < -0.39 is 0 Å². The molecule has 0 fully saturated rings. The van der Waals surface area contributed by atoms with E-state index in [1.807, 2.05) is 38.1 Å². The Hall–Kier alpha value is -1.45. The molecule has 2 rings (SSSR count). The van der Waals surface area contributed by atoms with Crippen molar-refractivity contribution in [1.29, 1.82) is 0 Å². The molecule has 0 aliphatic carbocycles. The number of rotatable bonds is 4. The molecule has 1 unspecified atom stereocenters. The maximum atomic E-state index is 12.8. The summed E-state index contributed by atoms with van der Waals surface area (Å²) in [4.78, 5) is 4.08. The van der Waals surface area contributed by atoms with Crippen molar-refractivity contribution >= 4 is 11.6 Å². The predicted molar refractivity (Wildman–Crippen MR) is 75.6 cm³/mol. The largest absolute Gasteiger partial charge is 0.302 e. The van der Waals surface area contributed by atoms with Crippen LogP contribution < -0.4 is 5.32 Å². The molecule has 1 aromatic carbocycles. The summed E-state index contributed by atoms with van der Waals surface area (Å²) in [7, 11) is 0. The summed E-state index contributed by atoms with van der Waals surface area (Å²) in [5.41, 5.74) is 1.85. The van der Waals surface area contributed by atoms with Crippen molar-refractivity contribution < 1.29 is 4.39 Å². The molecule has 0 aliphatic rings. The van der Waals surface area contributed by atoms with Gasteiger partial charge in [0.05, 0.1) is 11.9 Å². The second-order valence-electron chi connectivity index (χ2n) is 4.53. The Kier molecular flexibility index (Phi) is 4.51. The zero-order valence-electron chi connectivity index (χ0n) is 10.9. The number of aromatic nitrogens is 1. The van der Waals surface area contributed by atoms with Gasteiger partial charge in [0.2, 0.25) is 0 Å². The summed E-state index contributed by atoms with van der Waals surface area (Å²) in [5.74, 6) is -0.324. The van der Waals surface area contributed by atoms with Gasteiger partial charge in [-0.15, -0.1) is 0 Å². The molecule has 2 aromatic rings. The van der Waals surface area contributed by atoms with Gasteiger partial charge in [0.25, 0.3) is 0 Å². The smallest absolute Gasteiger partial charge is 0.141 e. The van der Waals surface area contributed by atoms with E-state index in [1.165, 1.54) is 12.3 Å². The fourth-order valence-electron chi connectivity index (χ4n) is 2.02. The van der Waals surface area contributed by atoms with Gasteiger partial charge in [-0.1, -0.05) is 29.8 Å². The topological polar surface area (TPSA) is 24.9 Å². The van der Waals surface area contributed by atoms with Gasteiger partial charge in [0.1, 0.15) is 5.82 Å². The highest BCUT2D eigenvalue weighted by molar-refractivity contribution is 6.31. The lowest BCUT2D eigenvalue weighted by Crippen LogP contribution is -2.23. The highest BCUT2D eigenvalue weighted by atomic mass is 35.5. The maximum absolute atomic E-state index is 12.8. The van der Waals surface area contributed by atoms with Crippen LogP contribution in [0, 0.1) is 5.82 Å². The van der Waals surface area contributed by atoms with Crippen LogP contribution in [0.25, 0.3) is 0 Å². The Morgan fingerprint density at radius 2 is 1.84 bits per heavy atom. The van der Waals surface area contributed by atoms with E-state index in [9.17, 15) is 4.39 Å². The quantitative estimate of drug-likeness (QED) is 0.903. The molecule has 0 saturated carbocycles. The number of nitrogens with zero attached hydrogens (tertiary/aromatic N) is 1. The Balaban J connectivity index is 2.08. The number of hydrogen-bond donors (Lipinski definition) is 1. The molecular formula is C15H16ClFN2. The van der Waals surface area contributed by atoms with Gasteiger partial charge < -0.3 is 5.32 Å². The Labute approximate surface area is 117 Å². The normalized spacial score (nSPS) is 14.1.